The summed E-state index contributed by atoms with van der Waals surface area (Å²) in [6, 6.07) is 3.11. The van der Waals surface area contributed by atoms with Crippen molar-refractivity contribution < 1.29 is 179 Å². The molecule has 0 aromatic heterocycles. The molecule has 6 aromatic rings. The summed E-state index contributed by atoms with van der Waals surface area (Å²) < 4.78 is 48.9. The normalized spacial score (nSPS) is 23.0. The first kappa shape index (κ1) is 61.4. The second-order valence-corrected chi connectivity index (χ2v) is 19.7. The molecule has 0 aliphatic carbocycles. The minimum Gasteiger partial charge on any atom is -0.504 e. The Kier molecular flexibility index (Phi) is 15.4. The lowest BCUT2D eigenvalue weighted by atomic mass is 9.91. The summed E-state index contributed by atoms with van der Waals surface area (Å²) in [5.74, 6) is -37.8. The van der Waals surface area contributed by atoms with Crippen molar-refractivity contribution in [3.05, 3.63) is 75.8 Å². The summed E-state index contributed by atoms with van der Waals surface area (Å²) >= 11 is 0. The zero-order valence-corrected chi connectivity index (χ0v) is 44.2. The van der Waals surface area contributed by atoms with Crippen molar-refractivity contribution in [2.24, 2.45) is 0 Å². The van der Waals surface area contributed by atoms with E-state index in [4.69, 9.17) is 42.6 Å². The van der Waals surface area contributed by atoms with Crippen molar-refractivity contribution in [1.82, 2.24) is 0 Å². The molecule has 0 saturated carbocycles. The average molecular weight is 1270 g/mol. The molecule has 21 N–H and O–H groups in total. The van der Waals surface area contributed by atoms with E-state index in [1.54, 1.807) is 0 Å². The van der Waals surface area contributed by atoms with Crippen LogP contribution in [0, 0.1) is 0 Å². The smallest absolute Gasteiger partial charge is 0.343 e. The van der Waals surface area contributed by atoms with Crippen LogP contribution in [0.25, 0.3) is 22.3 Å². The lowest BCUT2D eigenvalue weighted by Gasteiger charge is -2.42. The Bertz CT molecular complexity index is 4060. The van der Waals surface area contributed by atoms with Gasteiger partial charge < -0.3 is 150 Å². The van der Waals surface area contributed by atoms with Gasteiger partial charge in [0.05, 0.1) is 40.0 Å². The van der Waals surface area contributed by atoms with Crippen LogP contribution in [-0.4, -0.2) is 218 Å². The second-order valence-electron chi connectivity index (χ2n) is 19.7. The van der Waals surface area contributed by atoms with Crippen LogP contribution in [0.3, 0.4) is 0 Å². The maximum atomic E-state index is 14.9. The molecule has 0 spiro atoms. The lowest BCUT2D eigenvalue weighted by molar-refractivity contribution is -0.284. The monoisotopic (exact) mass is 1270 g/mol. The van der Waals surface area contributed by atoms with Gasteiger partial charge in [-0.25, -0.2) is 28.8 Å². The lowest BCUT2D eigenvalue weighted by Crippen LogP contribution is -2.62. The Labute approximate surface area is 495 Å². The van der Waals surface area contributed by atoms with Crippen molar-refractivity contribution in [2.45, 2.75) is 61.4 Å². The molecule has 0 unspecified atom stereocenters. The number of esters is 6. The Hall–Kier alpha value is -11.7. The maximum absolute atomic E-state index is 14.9. The van der Waals surface area contributed by atoms with Gasteiger partial charge in [-0.15, -0.1) is 0 Å². The molecule has 36 heteroatoms. The third kappa shape index (κ3) is 10.1. The summed E-state index contributed by atoms with van der Waals surface area (Å²) in [6.45, 7) is -2.49. The largest absolute Gasteiger partial charge is 0.504 e. The van der Waals surface area contributed by atoms with Crippen molar-refractivity contribution in [2.75, 3.05) is 13.2 Å². The van der Waals surface area contributed by atoms with E-state index in [1.165, 1.54) is 0 Å². The molecule has 10 atom stereocenters. The second kappa shape index (κ2) is 22.5. The first-order valence-electron chi connectivity index (χ1n) is 25.2. The van der Waals surface area contributed by atoms with Crippen LogP contribution in [0.2, 0.25) is 0 Å². The number of benzene rings is 6. The summed E-state index contributed by atoms with van der Waals surface area (Å²) in [4.78, 5) is 84.5. The quantitative estimate of drug-likeness (QED) is 0.0559. The molecule has 6 aromatic carbocycles. The van der Waals surface area contributed by atoms with E-state index in [2.05, 4.69) is 0 Å². The fourth-order valence-electron chi connectivity index (χ4n) is 9.84. The zero-order valence-electron chi connectivity index (χ0n) is 44.2. The van der Waals surface area contributed by atoms with E-state index in [0.717, 1.165) is 0 Å². The average Bonchev–Trinajstić information content (AvgIpc) is 0.970. The molecule has 474 valence electrons. The van der Waals surface area contributed by atoms with E-state index < -0.39 is 275 Å². The molecule has 4 aliphatic rings. The Morgan fingerprint density at radius 3 is 1.37 bits per heavy atom. The van der Waals surface area contributed by atoms with Crippen LogP contribution in [-0.2, 0) is 37.9 Å². The number of hydrogen-bond donors (Lipinski definition) is 21. The van der Waals surface area contributed by atoms with Crippen molar-refractivity contribution in [1.29, 1.82) is 0 Å². The van der Waals surface area contributed by atoms with Gasteiger partial charge in [-0.2, -0.15) is 0 Å². The first-order valence-corrected chi connectivity index (χ1v) is 25.2. The van der Waals surface area contributed by atoms with E-state index >= 15 is 0 Å². The fraction of sp³-hybridized carbons (Fsp3) is 0.222. The molecular formula is C54H42O36. The number of aromatic hydroxyl groups is 17. The van der Waals surface area contributed by atoms with E-state index in [9.17, 15) is 136 Å². The van der Waals surface area contributed by atoms with E-state index in [-0.39, 0.29) is 0 Å². The summed E-state index contributed by atoms with van der Waals surface area (Å²) in [5, 5.41) is 227. The molecule has 90 heavy (non-hydrogen) atoms. The molecule has 10 rings (SSSR count). The van der Waals surface area contributed by atoms with Gasteiger partial charge in [0.1, 0.15) is 42.7 Å². The Balaban J connectivity index is 1.04. The van der Waals surface area contributed by atoms with Gasteiger partial charge in [-0.3, -0.25) is 0 Å². The number of phenolic OH excluding ortho intramolecular Hbond substituents is 17. The molecule has 2 fully saturated rings. The highest BCUT2D eigenvalue weighted by Crippen LogP contribution is 2.59. The van der Waals surface area contributed by atoms with Crippen LogP contribution in [0.1, 0.15) is 62.1 Å². The zero-order chi connectivity index (χ0) is 65.7. The van der Waals surface area contributed by atoms with Gasteiger partial charge in [0.15, 0.2) is 87.0 Å². The first-order chi connectivity index (χ1) is 42.4. The predicted octanol–water partition coefficient (Wildman–Crippen LogP) is -0.193. The molecule has 2 saturated heterocycles. The number of phenols is 17. The minimum atomic E-state index is -2.56. The van der Waals surface area contributed by atoms with Crippen LogP contribution < -0.4 is 4.74 Å². The maximum Gasteiger partial charge on any atom is 0.343 e. The Morgan fingerprint density at radius 2 is 0.844 bits per heavy atom. The molecular weight excluding hydrogens is 1220 g/mol. The van der Waals surface area contributed by atoms with Crippen LogP contribution in [0.5, 0.6) is 109 Å². The highest BCUT2D eigenvalue weighted by atomic mass is 16.7. The van der Waals surface area contributed by atoms with E-state index in [0.29, 0.717) is 42.5 Å². The van der Waals surface area contributed by atoms with E-state index in [1.807, 2.05) is 0 Å². The summed E-state index contributed by atoms with van der Waals surface area (Å²) in [6.07, 6.45) is -23.7. The number of rotatable bonds is 7. The third-order valence-corrected chi connectivity index (χ3v) is 14.3. The molecule has 0 radical (unpaired) electrons. The molecule has 4 aliphatic heterocycles. The number of cyclic esters (lactones) is 1. The number of aliphatic hydroxyl groups excluding tert-OH is 4. The molecule has 4 heterocycles. The number of carbonyl (C=O) groups is 6. The van der Waals surface area contributed by atoms with Gasteiger partial charge in [0.2, 0.25) is 53.2 Å². The van der Waals surface area contributed by atoms with Gasteiger partial charge in [-0.05, 0) is 42.5 Å². The molecule has 0 amide bonds. The highest BCUT2D eigenvalue weighted by molar-refractivity contribution is 6.11. The van der Waals surface area contributed by atoms with Gasteiger partial charge in [0, 0.05) is 16.7 Å². The fourth-order valence-corrected chi connectivity index (χ4v) is 9.84. The van der Waals surface area contributed by atoms with Crippen molar-refractivity contribution in [3.63, 3.8) is 0 Å². The van der Waals surface area contributed by atoms with Crippen molar-refractivity contribution >= 4 is 35.8 Å². The molecule has 36 nitrogen and oxygen atoms in total. The minimum absolute atomic E-state index is 0.350. The summed E-state index contributed by atoms with van der Waals surface area (Å²) in [5.41, 5.74) is -11.5. The molecule has 0 bridgehead atoms. The number of aliphatic hydroxyl groups is 4. The number of carbonyl (C=O) groups excluding carboxylic acids is 6. The topological polar surface area (TPSA) is 610 Å². The summed E-state index contributed by atoms with van der Waals surface area (Å²) in [7, 11) is 0. The van der Waals surface area contributed by atoms with Crippen LogP contribution >= 0.6 is 0 Å². The number of fused-ring (bicyclic) bond motifs is 8. The number of hydrogen-bond acceptors (Lipinski definition) is 36. The SMILES string of the molecule is O=C(O[C@@H]1O[C@@H]2COC(=O)c3cc(O)c(O)c(O)c3-c3c(O)c(O)c(O)c(Oc4cc(C(=O)O[C@@H]5O[C@H](CO)[C@@H](O)[C@@H]6OC(=O)c7cc(O)c(O)c(O)c7-c7c(cc(O)c(O)c7O)C(=O)O[C@@H]56)cc(O)c4O)c3C(=O)O[C@H]2[C@H](O)[C@H]1O)c1cc(O)c(O)c(O)c1. The third-order valence-electron chi connectivity index (χ3n) is 14.3. The van der Waals surface area contributed by atoms with Gasteiger partial charge in [-0.1, -0.05) is 0 Å². The van der Waals surface area contributed by atoms with Gasteiger partial charge >= 0.3 is 35.8 Å². The highest BCUT2D eigenvalue weighted by Gasteiger charge is 2.54. The standard InChI is InChI=1S/C54H42O36/c55-8-22-34(67)45-46(88-51(80)14-7-20(61)32(65)36(69)25(14)24-13(50(79)87-45)6-19(60)31(64)35(24)68)54(84-22)90-48(77)11-3-17(58)30(63)21(4-11)83-44-28-27(38(71)39(72)40(44)73)26-12(5-18(59)33(66)37(26)70)49(78)82-9-23-43(86-52(28)81)41(74)42(75)53(85-23)89-47(76)10-1-15(56)29(62)16(57)2-10/h1-7,22-23,34,41-43,45-46,53-75H,8-9H2/t22-,23-,34-,41-,42-,43-,45+,46-,53+,54+/m1/s1. The van der Waals surface area contributed by atoms with Crippen LogP contribution in [0.4, 0.5) is 0 Å². The number of ether oxygens (including phenoxy) is 9. The Morgan fingerprint density at radius 1 is 0.411 bits per heavy atom. The predicted molar refractivity (Wildman–Crippen MR) is 276 cm³/mol. The van der Waals surface area contributed by atoms with Crippen LogP contribution in [0.15, 0.2) is 42.5 Å². The van der Waals surface area contributed by atoms with Gasteiger partial charge in [0.25, 0.3) is 0 Å². The van der Waals surface area contributed by atoms with Crippen molar-refractivity contribution in [3.8, 4) is 131 Å².